The van der Waals surface area contributed by atoms with E-state index in [1.807, 2.05) is 6.92 Å². The van der Waals surface area contributed by atoms with Crippen LogP contribution < -0.4 is 0 Å². The predicted molar refractivity (Wildman–Crippen MR) is 139 cm³/mol. The number of carbonyl (C=O) groups excluding carboxylic acids is 2. The first-order valence-corrected chi connectivity index (χ1v) is 14.8. The van der Waals surface area contributed by atoms with Crippen LogP contribution >= 0.6 is 0 Å². The standard InChI is InChI=1S/C30H40O11/c1-13-22(32)25(37-4)30(36)26(39-13)40-18-10-15-5-6-17-21(27(15,2)11-19(18)41-30)23(33)24(34)28(3)16(7-8-29(17,28)35)14-9-20(31)38-12-14/h9,13,15-19,22,25-26,32-33,35-36H,5-8,10-12H2,1-4H3. The summed E-state index contributed by atoms with van der Waals surface area (Å²) in [6.07, 6.45) is -0.575. The number of Topliss-reactive ketones (excluding diaryl/α,β-unsaturated/α-hetero) is 1. The number of rotatable bonds is 2. The lowest BCUT2D eigenvalue weighted by atomic mass is 9.46. The van der Waals surface area contributed by atoms with Crippen molar-refractivity contribution in [3.8, 4) is 0 Å². The van der Waals surface area contributed by atoms with E-state index < -0.39 is 82.6 Å². The molecule has 3 aliphatic heterocycles. The number of carbonyl (C=O) groups is 2. The summed E-state index contributed by atoms with van der Waals surface area (Å²) in [5.74, 6) is -4.16. The van der Waals surface area contributed by atoms with Crippen molar-refractivity contribution in [3.05, 3.63) is 23.0 Å². The van der Waals surface area contributed by atoms with Gasteiger partial charge in [-0.2, -0.15) is 0 Å². The van der Waals surface area contributed by atoms with Gasteiger partial charge in [-0.05, 0) is 80.8 Å². The molecule has 5 fully saturated rings. The summed E-state index contributed by atoms with van der Waals surface area (Å²) < 4.78 is 29.0. The lowest BCUT2D eigenvalue weighted by Gasteiger charge is -2.62. The molecule has 0 aromatic heterocycles. The molecule has 0 aromatic rings. The van der Waals surface area contributed by atoms with Crippen molar-refractivity contribution >= 4 is 11.8 Å². The fraction of sp³-hybridized carbons (Fsp3) is 0.800. The first kappa shape index (κ1) is 27.9. The van der Waals surface area contributed by atoms with Crippen LogP contribution in [0, 0.1) is 28.6 Å². The number of cyclic esters (lactones) is 1. The highest BCUT2D eigenvalue weighted by Crippen LogP contribution is 2.68. The van der Waals surface area contributed by atoms with Gasteiger partial charge in [0.2, 0.25) is 17.9 Å². The van der Waals surface area contributed by atoms with E-state index in [0.717, 1.165) is 6.42 Å². The van der Waals surface area contributed by atoms with Crippen molar-refractivity contribution in [2.75, 3.05) is 13.7 Å². The molecule has 0 aromatic carbocycles. The Bertz CT molecular complexity index is 1240. The zero-order chi connectivity index (χ0) is 29.3. The van der Waals surface area contributed by atoms with E-state index in [1.54, 1.807) is 13.8 Å². The third-order valence-electron chi connectivity index (χ3n) is 12.1. The van der Waals surface area contributed by atoms with Gasteiger partial charge in [0.25, 0.3) is 0 Å². The molecule has 2 saturated heterocycles. The summed E-state index contributed by atoms with van der Waals surface area (Å²) in [4.78, 5) is 26.0. The molecule has 0 bridgehead atoms. The molecule has 13 unspecified atom stereocenters. The van der Waals surface area contributed by atoms with E-state index in [0.29, 0.717) is 43.3 Å². The quantitative estimate of drug-likeness (QED) is 0.278. The van der Waals surface area contributed by atoms with Gasteiger partial charge in [-0.15, -0.1) is 0 Å². The summed E-state index contributed by atoms with van der Waals surface area (Å²) >= 11 is 0. The number of allylic oxidation sites excluding steroid dienone is 1. The van der Waals surface area contributed by atoms with E-state index >= 15 is 0 Å². The number of aliphatic hydroxyl groups is 4. The van der Waals surface area contributed by atoms with Crippen LogP contribution in [0.4, 0.5) is 0 Å². The van der Waals surface area contributed by atoms with Crippen LogP contribution in [0.15, 0.2) is 23.0 Å². The molecule has 0 amide bonds. The molecule has 0 radical (unpaired) electrons. The molecule has 41 heavy (non-hydrogen) atoms. The van der Waals surface area contributed by atoms with Crippen molar-refractivity contribution in [1.82, 2.24) is 0 Å². The minimum Gasteiger partial charge on any atom is -0.504 e. The lowest BCUT2D eigenvalue weighted by molar-refractivity contribution is -0.469. The molecule has 0 spiro atoms. The summed E-state index contributed by atoms with van der Waals surface area (Å²) in [5.41, 5.74) is -2.18. The van der Waals surface area contributed by atoms with Crippen LogP contribution in [0.5, 0.6) is 0 Å². The molecule has 11 heteroatoms. The monoisotopic (exact) mass is 576 g/mol. The number of hydrogen-bond donors (Lipinski definition) is 4. The second kappa shape index (κ2) is 8.84. The molecule has 7 rings (SSSR count). The van der Waals surface area contributed by atoms with Crippen LogP contribution in [-0.4, -0.2) is 94.1 Å². The first-order chi connectivity index (χ1) is 19.3. The van der Waals surface area contributed by atoms with Crippen LogP contribution in [0.3, 0.4) is 0 Å². The van der Waals surface area contributed by atoms with Gasteiger partial charge in [-0.25, -0.2) is 4.79 Å². The highest BCUT2D eigenvalue weighted by Gasteiger charge is 2.72. The van der Waals surface area contributed by atoms with Crippen LogP contribution in [0.1, 0.15) is 59.3 Å². The molecule has 13 atom stereocenters. The Morgan fingerprint density at radius 1 is 1.05 bits per heavy atom. The van der Waals surface area contributed by atoms with Gasteiger partial charge in [-0.3, -0.25) is 4.79 Å². The zero-order valence-electron chi connectivity index (χ0n) is 23.9. The first-order valence-electron chi connectivity index (χ1n) is 14.8. The molecule has 3 saturated carbocycles. The van der Waals surface area contributed by atoms with Gasteiger partial charge in [0.15, 0.2) is 5.76 Å². The van der Waals surface area contributed by atoms with Gasteiger partial charge in [0.1, 0.15) is 18.8 Å². The largest absolute Gasteiger partial charge is 0.504 e. The van der Waals surface area contributed by atoms with Gasteiger partial charge in [0, 0.05) is 19.1 Å². The Labute approximate surface area is 238 Å². The summed E-state index contributed by atoms with van der Waals surface area (Å²) in [7, 11) is 1.38. The van der Waals surface area contributed by atoms with Crippen molar-refractivity contribution in [1.29, 1.82) is 0 Å². The summed E-state index contributed by atoms with van der Waals surface area (Å²) in [6.45, 7) is 5.50. The molecule has 3 heterocycles. The summed E-state index contributed by atoms with van der Waals surface area (Å²) in [5, 5.41) is 46.4. The molecule has 4 N–H and O–H groups in total. The van der Waals surface area contributed by atoms with E-state index in [4.69, 9.17) is 23.7 Å². The van der Waals surface area contributed by atoms with Crippen LogP contribution in [0.2, 0.25) is 0 Å². The Hall–Kier alpha value is -1.86. The molecular weight excluding hydrogens is 536 g/mol. The molecular formula is C30H40O11. The van der Waals surface area contributed by atoms with Crippen molar-refractivity contribution in [2.45, 2.75) is 107 Å². The zero-order valence-corrected chi connectivity index (χ0v) is 23.9. The van der Waals surface area contributed by atoms with Crippen molar-refractivity contribution in [2.24, 2.45) is 28.6 Å². The topological polar surface area (TPSA) is 161 Å². The second-order valence-corrected chi connectivity index (χ2v) is 13.7. The van der Waals surface area contributed by atoms with Crippen LogP contribution in [0.25, 0.3) is 0 Å². The van der Waals surface area contributed by atoms with Gasteiger partial charge >= 0.3 is 5.97 Å². The van der Waals surface area contributed by atoms with Gasteiger partial charge in [0.05, 0.1) is 29.3 Å². The number of fused-ring (bicyclic) bond motifs is 7. The Kier molecular flexibility index (Phi) is 6.03. The molecule has 11 nitrogen and oxygen atoms in total. The second-order valence-electron chi connectivity index (χ2n) is 13.7. The number of ether oxygens (including phenoxy) is 5. The Morgan fingerprint density at radius 3 is 2.49 bits per heavy atom. The van der Waals surface area contributed by atoms with Crippen molar-refractivity contribution < 1.29 is 53.7 Å². The van der Waals surface area contributed by atoms with Crippen molar-refractivity contribution in [3.63, 3.8) is 0 Å². The SMILES string of the molecule is COC1C(O)C(C)OC2OC3CC4CCC5C(=C(O)C(=O)C6(C)C(C7=CC(=O)OC7)CCC56O)C4(C)CC3OC21O. The number of hydrogen-bond acceptors (Lipinski definition) is 11. The Morgan fingerprint density at radius 2 is 1.80 bits per heavy atom. The lowest BCUT2D eigenvalue weighted by Crippen LogP contribution is -2.73. The highest BCUT2D eigenvalue weighted by molar-refractivity contribution is 6.02. The third kappa shape index (κ3) is 3.39. The summed E-state index contributed by atoms with van der Waals surface area (Å²) in [6, 6.07) is 0. The normalized spacial score (nSPS) is 54.4. The van der Waals surface area contributed by atoms with E-state index in [2.05, 4.69) is 0 Å². The number of aliphatic hydroxyl groups excluding tert-OH is 2. The minimum atomic E-state index is -2.05. The van der Waals surface area contributed by atoms with Crippen LogP contribution in [-0.2, 0) is 33.3 Å². The number of ketones is 1. The maximum Gasteiger partial charge on any atom is 0.331 e. The maximum absolute atomic E-state index is 14.1. The van der Waals surface area contributed by atoms with E-state index in [-0.39, 0.29) is 18.3 Å². The average Bonchev–Trinajstić information content (AvgIpc) is 3.46. The molecule has 226 valence electrons. The number of methoxy groups -OCH3 is 1. The Balaban J connectivity index is 1.25. The fourth-order valence-corrected chi connectivity index (χ4v) is 9.84. The third-order valence-corrected chi connectivity index (χ3v) is 12.1. The van der Waals surface area contributed by atoms with E-state index in [9.17, 15) is 30.0 Å². The maximum atomic E-state index is 14.1. The van der Waals surface area contributed by atoms with Gasteiger partial charge in [-0.1, -0.05) is 6.92 Å². The highest BCUT2D eigenvalue weighted by atomic mass is 16.8. The smallest absolute Gasteiger partial charge is 0.331 e. The van der Waals surface area contributed by atoms with Gasteiger partial charge < -0.3 is 44.1 Å². The fourth-order valence-electron chi connectivity index (χ4n) is 9.84. The average molecular weight is 577 g/mol. The number of esters is 1. The molecule has 7 aliphatic rings. The van der Waals surface area contributed by atoms with E-state index in [1.165, 1.54) is 13.2 Å². The molecule has 4 aliphatic carbocycles. The predicted octanol–water partition coefficient (Wildman–Crippen LogP) is 1.43. The minimum absolute atomic E-state index is 0.0262.